The third-order valence-electron chi connectivity index (χ3n) is 5.02. The second-order valence-corrected chi connectivity index (χ2v) is 8.77. The molecule has 0 radical (unpaired) electrons. The molecule has 30 heavy (non-hydrogen) atoms. The van der Waals surface area contributed by atoms with E-state index in [4.69, 9.17) is 4.98 Å². The van der Waals surface area contributed by atoms with Crippen LogP contribution in [-0.4, -0.2) is 25.7 Å². The maximum absolute atomic E-state index is 13.7. The van der Waals surface area contributed by atoms with Gasteiger partial charge in [0, 0.05) is 12.2 Å². The van der Waals surface area contributed by atoms with Crippen molar-refractivity contribution in [1.82, 2.24) is 19.7 Å². The number of carbonyl (C=O) groups is 1. The van der Waals surface area contributed by atoms with Crippen LogP contribution in [0.2, 0.25) is 0 Å². The van der Waals surface area contributed by atoms with E-state index in [-0.39, 0.29) is 11.9 Å². The average molecular weight is 420 g/mol. The number of aromatic nitrogens is 4. The monoisotopic (exact) mass is 419 g/mol. The van der Waals surface area contributed by atoms with Crippen molar-refractivity contribution in [2.24, 2.45) is 0 Å². The zero-order valence-corrected chi connectivity index (χ0v) is 18.7. The Morgan fingerprint density at radius 1 is 1.13 bits per heavy atom. The molecule has 1 aromatic carbocycles. The second kappa shape index (κ2) is 7.99. The van der Waals surface area contributed by atoms with Gasteiger partial charge < -0.3 is 0 Å². The first kappa shape index (κ1) is 20.2. The molecule has 0 unspecified atom stereocenters. The molecule has 4 rings (SSSR count). The molecule has 0 fully saturated rings. The van der Waals surface area contributed by atoms with E-state index < -0.39 is 0 Å². The van der Waals surface area contributed by atoms with Crippen molar-refractivity contribution >= 4 is 32.6 Å². The van der Waals surface area contributed by atoms with Gasteiger partial charge in [-0.3, -0.25) is 19.4 Å². The topological polar surface area (TPSA) is 63.9 Å². The number of rotatable bonds is 5. The first-order chi connectivity index (χ1) is 14.3. The molecule has 3 aromatic heterocycles. The summed E-state index contributed by atoms with van der Waals surface area (Å²) in [4.78, 5) is 24.8. The molecular formula is C23H25N5OS. The van der Waals surface area contributed by atoms with Crippen LogP contribution in [0.5, 0.6) is 0 Å². The van der Waals surface area contributed by atoms with E-state index in [0.717, 1.165) is 32.7 Å². The standard InChI is InChI=1S/C23H25N5OS/c1-14(2)28-19(12-17(5)26-28)22(29)27(13-18-8-6-7-11-24-18)23-25-20-15(3)9-10-16(4)21(20)30-23/h6-12,14H,13H2,1-5H3. The van der Waals surface area contributed by atoms with Crippen LogP contribution in [0, 0.1) is 20.8 Å². The van der Waals surface area contributed by atoms with E-state index in [2.05, 4.69) is 29.1 Å². The Balaban J connectivity index is 1.84. The molecule has 3 heterocycles. The van der Waals surface area contributed by atoms with Crippen LogP contribution in [0.1, 0.15) is 52.9 Å². The first-order valence-electron chi connectivity index (χ1n) is 10.00. The number of hydrogen-bond donors (Lipinski definition) is 0. The van der Waals surface area contributed by atoms with Crippen LogP contribution >= 0.6 is 11.3 Å². The fourth-order valence-corrected chi connectivity index (χ4v) is 4.56. The van der Waals surface area contributed by atoms with E-state index in [1.54, 1.807) is 27.1 Å². The number of benzene rings is 1. The van der Waals surface area contributed by atoms with Gasteiger partial charge in [0.1, 0.15) is 5.69 Å². The molecule has 0 saturated carbocycles. The Hall–Kier alpha value is -3.06. The number of carbonyl (C=O) groups excluding carboxylic acids is 1. The van der Waals surface area contributed by atoms with Crippen LogP contribution < -0.4 is 4.90 Å². The molecule has 6 nitrogen and oxygen atoms in total. The lowest BCUT2D eigenvalue weighted by atomic mass is 10.1. The molecule has 0 saturated heterocycles. The number of thiazole rings is 1. The maximum Gasteiger partial charge on any atom is 0.278 e. The molecular weight excluding hydrogens is 394 g/mol. The minimum absolute atomic E-state index is 0.0780. The van der Waals surface area contributed by atoms with Gasteiger partial charge >= 0.3 is 0 Å². The van der Waals surface area contributed by atoms with Gasteiger partial charge in [-0.2, -0.15) is 5.10 Å². The molecule has 1 amide bonds. The summed E-state index contributed by atoms with van der Waals surface area (Å²) in [6.45, 7) is 10.4. The Morgan fingerprint density at radius 2 is 1.90 bits per heavy atom. The zero-order valence-electron chi connectivity index (χ0n) is 17.9. The minimum Gasteiger partial charge on any atom is -0.277 e. The molecule has 0 atom stereocenters. The van der Waals surface area contributed by atoms with Gasteiger partial charge in [-0.05, 0) is 63.9 Å². The maximum atomic E-state index is 13.7. The second-order valence-electron chi connectivity index (χ2n) is 7.80. The molecule has 0 bridgehead atoms. The average Bonchev–Trinajstić information content (AvgIpc) is 3.34. The number of anilines is 1. The Kier molecular flexibility index (Phi) is 5.39. The number of pyridine rings is 1. The third kappa shape index (κ3) is 3.73. The smallest absolute Gasteiger partial charge is 0.277 e. The number of hydrogen-bond acceptors (Lipinski definition) is 5. The van der Waals surface area contributed by atoms with E-state index >= 15 is 0 Å². The molecule has 154 valence electrons. The lowest BCUT2D eigenvalue weighted by molar-refractivity contribution is 0.0972. The zero-order chi connectivity index (χ0) is 21.4. The lowest BCUT2D eigenvalue weighted by Gasteiger charge is -2.21. The molecule has 0 spiro atoms. The molecule has 0 aliphatic carbocycles. The van der Waals surface area contributed by atoms with Crippen molar-refractivity contribution in [1.29, 1.82) is 0 Å². The SMILES string of the molecule is Cc1cc(C(=O)N(Cc2ccccn2)c2nc3c(C)ccc(C)c3s2)n(C(C)C)n1. The quantitative estimate of drug-likeness (QED) is 0.444. The van der Waals surface area contributed by atoms with Crippen molar-refractivity contribution in [3.8, 4) is 0 Å². The number of amides is 1. The van der Waals surface area contributed by atoms with Crippen LogP contribution in [0.15, 0.2) is 42.6 Å². The molecule has 0 aliphatic heterocycles. The van der Waals surface area contributed by atoms with Crippen LogP contribution in [0.4, 0.5) is 5.13 Å². The third-order valence-corrected chi connectivity index (χ3v) is 6.23. The predicted molar refractivity (Wildman–Crippen MR) is 121 cm³/mol. The summed E-state index contributed by atoms with van der Waals surface area (Å²) < 4.78 is 2.89. The van der Waals surface area contributed by atoms with E-state index in [9.17, 15) is 4.79 Å². The summed E-state index contributed by atoms with van der Waals surface area (Å²) in [6, 6.07) is 11.8. The minimum atomic E-state index is -0.121. The van der Waals surface area contributed by atoms with Crippen molar-refractivity contribution < 1.29 is 4.79 Å². The summed E-state index contributed by atoms with van der Waals surface area (Å²) >= 11 is 1.55. The lowest BCUT2D eigenvalue weighted by Crippen LogP contribution is -2.32. The van der Waals surface area contributed by atoms with Gasteiger partial charge in [0.05, 0.1) is 28.1 Å². The Morgan fingerprint density at radius 3 is 2.57 bits per heavy atom. The van der Waals surface area contributed by atoms with E-state index in [1.165, 1.54) is 0 Å². The molecule has 7 heteroatoms. The van der Waals surface area contributed by atoms with E-state index in [1.807, 2.05) is 52.0 Å². The number of fused-ring (bicyclic) bond motifs is 1. The Bertz CT molecular complexity index is 1170. The highest BCUT2D eigenvalue weighted by Gasteiger charge is 2.26. The fourth-order valence-electron chi connectivity index (χ4n) is 3.45. The van der Waals surface area contributed by atoms with Crippen molar-refractivity contribution in [2.75, 3.05) is 4.90 Å². The van der Waals surface area contributed by atoms with Gasteiger partial charge in [0.15, 0.2) is 5.13 Å². The summed E-state index contributed by atoms with van der Waals surface area (Å²) in [7, 11) is 0. The fraction of sp³-hybridized carbons (Fsp3) is 0.304. The highest BCUT2D eigenvalue weighted by molar-refractivity contribution is 7.22. The first-order valence-corrected chi connectivity index (χ1v) is 10.8. The van der Waals surface area contributed by atoms with Gasteiger partial charge in [-0.1, -0.05) is 29.5 Å². The van der Waals surface area contributed by atoms with Gasteiger partial charge in [0.25, 0.3) is 5.91 Å². The largest absolute Gasteiger partial charge is 0.278 e. The molecule has 0 aliphatic rings. The van der Waals surface area contributed by atoms with Gasteiger partial charge in [-0.15, -0.1) is 0 Å². The van der Waals surface area contributed by atoms with Crippen molar-refractivity contribution in [3.63, 3.8) is 0 Å². The van der Waals surface area contributed by atoms with Gasteiger partial charge in [0.2, 0.25) is 0 Å². The molecule has 0 N–H and O–H groups in total. The summed E-state index contributed by atoms with van der Waals surface area (Å²) in [5, 5.41) is 5.20. The van der Waals surface area contributed by atoms with Crippen LogP contribution in [0.3, 0.4) is 0 Å². The normalized spacial score (nSPS) is 11.4. The number of aryl methyl sites for hydroxylation is 3. The van der Waals surface area contributed by atoms with Crippen molar-refractivity contribution in [2.45, 2.75) is 47.2 Å². The Labute approximate surface area is 180 Å². The number of nitrogens with zero attached hydrogens (tertiary/aromatic N) is 5. The summed E-state index contributed by atoms with van der Waals surface area (Å²) in [5.74, 6) is -0.121. The highest BCUT2D eigenvalue weighted by Crippen LogP contribution is 2.34. The highest BCUT2D eigenvalue weighted by atomic mass is 32.1. The van der Waals surface area contributed by atoms with E-state index in [0.29, 0.717) is 17.4 Å². The molecule has 4 aromatic rings. The predicted octanol–water partition coefficient (Wildman–Crippen LogP) is 5.24. The van der Waals surface area contributed by atoms with Crippen LogP contribution in [-0.2, 0) is 6.54 Å². The summed E-state index contributed by atoms with van der Waals surface area (Å²) in [6.07, 6.45) is 1.74. The van der Waals surface area contributed by atoms with Gasteiger partial charge in [-0.25, -0.2) is 4.98 Å². The van der Waals surface area contributed by atoms with Crippen LogP contribution in [0.25, 0.3) is 10.2 Å². The summed E-state index contributed by atoms with van der Waals surface area (Å²) in [5.41, 5.74) is 5.40. The van der Waals surface area contributed by atoms with Crippen molar-refractivity contribution in [3.05, 3.63) is 70.8 Å².